The lowest BCUT2D eigenvalue weighted by molar-refractivity contribution is -0.133. The third-order valence-corrected chi connectivity index (χ3v) is 5.96. The van der Waals surface area contributed by atoms with E-state index in [9.17, 15) is 18.0 Å². The maximum Gasteiger partial charge on any atom is 0.347 e. The molecular formula is C15H23N3O4S. The average Bonchev–Trinajstić information content (AvgIpc) is 2.78. The Bertz CT molecular complexity index is 754. The molecule has 1 saturated heterocycles. The van der Waals surface area contributed by atoms with Crippen LogP contribution in [-0.4, -0.2) is 52.9 Å². The van der Waals surface area contributed by atoms with Crippen LogP contribution in [0.1, 0.15) is 31.2 Å². The number of carbonyl (C=O) groups is 1. The molecule has 7 nitrogen and oxygen atoms in total. The van der Waals surface area contributed by atoms with Gasteiger partial charge < -0.3 is 4.90 Å². The van der Waals surface area contributed by atoms with E-state index in [1.807, 2.05) is 13.8 Å². The first-order valence-electron chi connectivity index (χ1n) is 7.78. The largest absolute Gasteiger partial charge is 0.347 e. The van der Waals surface area contributed by atoms with Gasteiger partial charge in [-0.25, -0.2) is 13.2 Å². The highest BCUT2D eigenvalue weighted by atomic mass is 32.2. The van der Waals surface area contributed by atoms with Gasteiger partial charge in [0, 0.05) is 36.9 Å². The molecule has 1 amide bonds. The number of hydrogen-bond donors (Lipinski definition) is 0. The lowest BCUT2D eigenvalue weighted by Crippen LogP contribution is -2.41. The summed E-state index contributed by atoms with van der Waals surface area (Å²) in [6.07, 6.45) is 0.656. The molecule has 1 aromatic rings. The van der Waals surface area contributed by atoms with Crippen LogP contribution in [0.25, 0.3) is 0 Å². The molecule has 0 N–H and O–H groups in total. The zero-order valence-electron chi connectivity index (χ0n) is 13.8. The summed E-state index contributed by atoms with van der Waals surface area (Å²) in [5.41, 5.74) is 1.06. The van der Waals surface area contributed by atoms with E-state index >= 15 is 0 Å². The Hall–Kier alpha value is -1.70. The molecule has 1 aliphatic rings. The lowest BCUT2D eigenvalue weighted by atomic mass is 10.2. The molecule has 1 aromatic heterocycles. The molecule has 128 valence electrons. The summed E-state index contributed by atoms with van der Waals surface area (Å²) in [7, 11) is -3.03. The molecule has 0 spiro atoms. The van der Waals surface area contributed by atoms with Gasteiger partial charge in [-0.05, 0) is 33.3 Å². The lowest BCUT2D eigenvalue weighted by Gasteiger charge is -2.27. The maximum atomic E-state index is 12.4. The van der Waals surface area contributed by atoms with Crippen LogP contribution in [0.2, 0.25) is 0 Å². The number of rotatable bonds is 5. The SMILES string of the molecule is CCN(C(=O)CCn1c(C)cc(C)nc1=O)C1CCS(=O)(=O)C1. The van der Waals surface area contributed by atoms with Gasteiger partial charge in [-0.15, -0.1) is 0 Å². The van der Waals surface area contributed by atoms with Crippen molar-refractivity contribution in [2.75, 3.05) is 18.1 Å². The van der Waals surface area contributed by atoms with Crippen molar-refractivity contribution in [3.8, 4) is 0 Å². The monoisotopic (exact) mass is 341 g/mol. The number of aryl methyl sites for hydroxylation is 2. The van der Waals surface area contributed by atoms with Crippen LogP contribution in [-0.2, 0) is 21.2 Å². The van der Waals surface area contributed by atoms with Crippen LogP contribution in [0.3, 0.4) is 0 Å². The van der Waals surface area contributed by atoms with E-state index in [2.05, 4.69) is 4.98 Å². The Balaban J connectivity index is 2.05. The Labute approximate surface area is 136 Å². The zero-order chi connectivity index (χ0) is 17.2. The van der Waals surface area contributed by atoms with Gasteiger partial charge in [0.15, 0.2) is 9.84 Å². The van der Waals surface area contributed by atoms with Gasteiger partial charge in [-0.3, -0.25) is 9.36 Å². The molecule has 0 saturated carbocycles. The van der Waals surface area contributed by atoms with Crippen LogP contribution in [0.4, 0.5) is 0 Å². The first-order valence-corrected chi connectivity index (χ1v) is 9.60. The number of amides is 1. The first-order chi connectivity index (χ1) is 10.7. The molecule has 1 aliphatic heterocycles. The number of carbonyl (C=O) groups excluding carboxylic acids is 1. The van der Waals surface area contributed by atoms with Crippen molar-refractivity contribution in [2.24, 2.45) is 0 Å². The molecular weight excluding hydrogens is 318 g/mol. The first kappa shape index (κ1) is 17.7. The maximum absolute atomic E-state index is 12.4. The molecule has 2 heterocycles. The van der Waals surface area contributed by atoms with E-state index in [-0.39, 0.29) is 42.1 Å². The fraction of sp³-hybridized carbons (Fsp3) is 0.667. The fourth-order valence-corrected chi connectivity index (χ4v) is 4.79. The highest BCUT2D eigenvalue weighted by Crippen LogP contribution is 2.18. The second-order valence-corrected chi connectivity index (χ2v) is 8.19. The summed E-state index contributed by atoms with van der Waals surface area (Å²) in [6.45, 7) is 6.13. The predicted octanol–water partition coefficient (Wildman–Crippen LogP) is 0.286. The Morgan fingerprint density at radius 3 is 2.65 bits per heavy atom. The van der Waals surface area contributed by atoms with E-state index in [0.29, 0.717) is 18.7 Å². The van der Waals surface area contributed by atoms with Crippen LogP contribution < -0.4 is 5.69 Å². The van der Waals surface area contributed by atoms with Crippen molar-refractivity contribution in [3.63, 3.8) is 0 Å². The molecule has 1 fully saturated rings. The van der Waals surface area contributed by atoms with Gasteiger partial charge in [0.2, 0.25) is 5.91 Å². The standard InChI is InChI=1S/C15H23N3O4S/c1-4-17(13-6-8-23(21,22)10-13)14(19)5-7-18-12(3)9-11(2)16-15(18)20/h9,13H,4-8,10H2,1-3H3. The van der Waals surface area contributed by atoms with Crippen molar-refractivity contribution >= 4 is 15.7 Å². The summed E-state index contributed by atoms with van der Waals surface area (Å²) in [5, 5.41) is 0. The Morgan fingerprint density at radius 2 is 2.13 bits per heavy atom. The summed E-state index contributed by atoms with van der Waals surface area (Å²) in [5.74, 6) is 0.0565. The van der Waals surface area contributed by atoms with Crippen molar-refractivity contribution in [3.05, 3.63) is 27.9 Å². The van der Waals surface area contributed by atoms with Crippen molar-refractivity contribution in [1.29, 1.82) is 0 Å². The highest BCUT2D eigenvalue weighted by Gasteiger charge is 2.33. The number of aromatic nitrogens is 2. The molecule has 2 rings (SSSR count). The van der Waals surface area contributed by atoms with Crippen LogP contribution in [0.5, 0.6) is 0 Å². The zero-order valence-corrected chi connectivity index (χ0v) is 14.6. The van der Waals surface area contributed by atoms with Crippen molar-refractivity contribution < 1.29 is 13.2 Å². The van der Waals surface area contributed by atoms with Crippen LogP contribution in [0, 0.1) is 13.8 Å². The summed E-state index contributed by atoms with van der Waals surface area (Å²) >= 11 is 0. The third-order valence-electron chi connectivity index (χ3n) is 4.21. The minimum Gasteiger partial charge on any atom is -0.339 e. The summed E-state index contributed by atoms with van der Waals surface area (Å²) in [4.78, 5) is 29.8. The van der Waals surface area contributed by atoms with E-state index in [0.717, 1.165) is 5.69 Å². The third kappa shape index (κ3) is 4.19. The second kappa shape index (κ2) is 6.82. The van der Waals surface area contributed by atoms with E-state index in [1.54, 1.807) is 17.9 Å². The van der Waals surface area contributed by atoms with Gasteiger partial charge in [0.1, 0.15) is 0 Å². The molecule has 0 bridgehead atoms. The topological polar surface area (TPSA) is 89.3 Å². The minimum absolute atomic E-state index is 0.0393. The van der Waals surface area contributed by atoms with E-state index < -0.39 is 9.84 Å². The summed E-state index contributed by atoms with van der Waals surface area (Å²) < 4.78 is 24.7. The average molecular weight is 341 g/mol. The molecule has 1 unspecified atom stereocenters. The van der Waals surface area contributed by atoms with Gasteiger partial charge in [-0.2, -0.15) is 4.98 Å². The van der Waals surface area contributed by atoms with Gasteiger partial charge in [0.05, 0.1) is 11.5 Å². The van der Waals surface area contributed by atoms with Crippen LogP contribution >= 0.6 is 0 Å². The minimum atomic E-state index is -3.03. The van der Waals surface area contributed by atoms with Crippen molar-refractivity contribution in [1.82, 2.24) is 14.5 Å². The number of nitrogens with zero attached hydrogens (tertiary/aromatic N) is 3. The quantitative estimate of drug-likeness (QED) is 0.768. The molecule has 8 heteroatoms. The normalized spacial score (nSPS) is 19.7. The predicted molar refractivity (Wildman–Crippen MR) is 87.0 cm³/mol. The Morgan fingerprint density at radius 1 is 1.43 bits per heavy atom. The fourth-order valence-electron chi connectivity index (χ4n) is 3.06. The van der Waals surface area contributed by atoms with Crippen molar-refractivity contribution in [2.45, 2.75) is 46.2 Å². The number of hydrogen-bond acceptors (Lipinski definition) is 5. The smallest absolute Gasteiger partial charge is 0.339 e. The Kier molecular flexibility index (Phi) is 5.23. The molecule has 0 radical (unpaired) electrons. The van der Waals surface area contributed by atoms with Gasteiger partial charge in [-0.1, -0.05) is 0 Å². The number of sulfone groups is 1. The molecule has 23 heavy (non-hydrogen) atoms. The van der Waals surface area contributed by atoms with Gasteiger partial charge >= 0.3 is 5.69 Å². The molecule has 0 aromatic carbocycles. The van der Waals surface area contributed by atoms with Gasteiger partial charge in [0.25, 0.3) is 0 Å². The molecule has 1 atom stereocenters. The summed E-state index contributed by atoms with van der Waals surface area (Å²) in [6, 6.07) is 1.55. The van der Waals surface area contributed by atoms with E-state index in [4.69, 9.17) is 0 Å². The highest BCUT2D eigenvalue weighted by molar-refractivity contribution is 7.91. The second-order valence-electron chi connectivity index (χ2n) is 5.96. The van der Waals surface area contributed by atoms with Crippen LogP contribution in [0.15, 0.2) is 10.9 Å². The molecule has 0 aliphatic carbocycles. The van der Waals surface area contributed by atoms with E-state index in [1.165, 1.54) is 4.57 Å².